The number of ether oxygens (including phenoxy) is 2. The highest BCUT2D eigenvalue weighted by molar-refractivity contribution is 7.90. The van der Waals surface area contributed by atoms with Crippen LogP contribution < -0.4 is 9.64 Å². The van der Waals surface area contributed by atoms with Gasteiger partial charge >= 0.3 is 6.09 Å². The lowest BCUT2D eigenvalue weighted by Gasteiger charge is -2.41. The number of amides is 1. The van der Waals surface area contributed by atoms with Crippen molar-refractivity contribution >= 4 is 33.0 Å². The van der Waals surface area contributed by atoms with Crippen molar-refractivity contribution < 1.29 is 22.7 Å². The number of pyridine rings is 1. The first-order valence-electron chi connectivity index (χ1n) is 13.9. The number of hydrogen-bond acceptors (Lipinski definition) is 9. The van der Waals surface area contributed by atoms with Crippen LogP contribution in [0.25, 0.3) is 22.3 Å². The van der Waals surface area contributed by atoms with Crippen LogP contribution in [0.5, 0.6) is 5.88 Å². The van der Waals surface area contributed by atoms with Crippen LogP contribution in [-0.4, -0.2) is 76.2 Å². The van der Waals surface area contributed by atoms with Crippen molar-refractivity contribution in [1.29, 1.82) is 0 Å². The van der Waals surface area contributed by atoms with Crippen LogP contribution in [0.1, 0.15) is 39.2 Å². The number of carbonyl (C=O) groups excluding carboxylic acids is 1. The molecule has 2 bridgehead atoms. The second-order valence-corrected chi connectivity index (χ2v) is 13.6. The molecule has 1 amide bonds. The number of rotatable bonds is 5. The maximum atomic E-state index is 14.2. The molecule has 0 saturated carbocycles. The van der Waals surface area contributed by atoms with Gasteiger partial charge in [0.2, 0.25) is 5.88 Å². The fourth-order valence-electron chi connectivity index (χ4n) is 5.83. The van der Waals surface area contributed by atoms with Gasteiger partial charge in [-0.3, -0.25) is 4.90 Å². The highest BCUT2D eigenvalue weighted by Crippen LogP contribution is 2.38. The molecule has 1 aromatic carbocycles. The third kappa shape index (κ3) is 4.93. The first-order chi connectivity index (χ1) is 20.0. The molecule has 0 aliphatic carbocycles. The van der Waals surface area contributed by atoms with Crippen LogP contribution in [-0.2, 0) is 14.8 Å². The summed E-state index contributed by atoms with van der Waals surface area (Å²) >= 11 is 0. The van der Waals surface area contributed by atoms with Gasteiger partial charge in [0.05, 0.1) is 35.2 Å². The number of benzene rings is 1. The van der Waals surface area contributed by atoms with E-state index in [2.05, 4.69) is 19.9 Å². The Balaban J connectivity index is 1.45. The molecule has 4 aromatic rings. The van der Waals surface area contributed by atoms with E-state index in [1.807, 2.05) is 38.7 Å². The number of carbonyl (C=O) groups is 1. The molecule has 0 N–H and O–H groups in total. The maximum absolute atomic E-state index is 14.2. The lowest BCUT2D eigenvalue weighted by atomic mass is 10.1. The molecule has 6 rings (SSSR count). The molecule has 2 aliphatic heterocycles. The highest BCUT2D eigenvalue weighted by atomic mass is 32.2. The van der Waals surface area contributed by atoms with E-state index in [0.717, 1.165) is 18.4 Å². The van der Waals surface area contributed by atoms with E-state index in [-0.39, 0.29) is 28.7 Å². The topological polar surface area (TPSA) is 120 Å². The summed E-state index contributed by atoms with van der Waals surface area (Å²) in [6.07, 6.45) is 4.41. The molecule has 3 aromatic heterocycles. The lowest BCUT2D eigenvalue weighted by molar-refractivity contribution is 0.0123. The van der Waals surface area contributed by atoms with E-state index in [4.69, 9.17) is 9.47 Å². The molecule has 5 heterocycles. The molecule has 2 unspecified atom stereocenters. The number of fused-ring (bicyclic) bond motifs is 3. The van der Waals surface area contributed by atoms with Gasteiger partial charge in [-0.2, -0.15) is 0 Å². The second kappa shape index (κ2) is 10.3. The second-order valence-electron chi connectivity index (χ2n) is 11.8. The number of piperazine rings is 1. The largest absolute Gasteiger partial charge is 0.481 e. The van der Waals surface area contributed by atoms with Crippen molar-refractivity contribution in [3.8, 4) is 17.1 Å². The minimum Gasteiger partial charge on any atom is -0.481 e. The standard InChI is InChI=1S/C30H34N6O5S/c1-19-6-11-23(12-7-19)42(38,39)36-25(20-8-13-26(40-5)31-15-20)14-24-27(32-18-33-28(24)36)34-16-21-9-10-22(17-34)35(21)29(37)41-30(2,3)4/h6-8,11-15,18,21-22H,9-10,16-17H2,1-5H3. The molecule has 220 valence electrons. The summed E-state index contributed by atoms with van der Waals surface area (Å²) in [6, 6.07) is 11.9. The summed E-state index contributed by atoms with van der Waals surface area (Å²) in [6.45, 7) is 8.61. The van der Waals surface area contributed by atoms with Crippen LogP contribution in [0.2, 0.25) is 0 Å². The molecule has 2 saturated heterocycles. The Morgan fingerprint density at radius 3 is 2.26 bits per heavy atom. The van der Waals surface area contributed by atoms with Gasteiger partial charge in [0.1, 0.15) is 17.7 Å². The van der Waals surface area contributed by atoms with Gasteiger partial charge in [-0.1, -0.05) is 17.7 Å². The first-order valence-corrected chi connectivity index (χ1v) is 15.4. The van der Waals surface area contributed by atoms with Crippen molar-refractivity contribution in [2.45, 2.75) is 63.1 Å². The zero-order valence-electron chi connectivity index (χ0n) is 24.3. The Labute approximate surface area is 245 Å². The van der Waals surface area contributed by atoms with E-state index in [0.29, 0.717) is 41.4 Å². The molecule has 11 nitrogen and oxygen atoms in total. The van der Waals surface area contributed by atoms with Crippen molar-refractivity contribution in [3.63, 3.8) is 0 Å². The van der Waals surface area contributed by atoms with E-state index in [1.54, 1.807) is 42.6 Å². The molecule has 42 heavy (non-hydrogen) atoms. The Kier molecular flexibility index (Phi) is 6.83. The summed E-state index contributed by atoms with van der Waals surface area (Å²) in [7, 11) is -2.52. The first kappa shape index (κ1) is 28.0. The number of anilines is 1. The summed E-state index contributed by atoms with van der Waals surface area (Å²) in [5.41, 5.74) is 1.65. The Bertz CT molecular complexity index is 1730. The third-order valence-corrected chi connectivity index (χ3v) is 9.44. The zero-order valence-corrected chi connectivity index (χ0v) is 25.1. The van der Waals surface area contributed by atoms with Crippen LogP contribution in [0.3, 0.4) is 0 Å². The molecule has 2 fully saturated rings. The predicted molar refractivity (Wildman–Crippen MR) is 158 cm³/mol. The number of aromatic nitrogens is 4. The van der Waals surface area contributed by atoms with Crippen LogP contribution in [0.15, 0.2) is 59.9 Å². The molecular weight excluding hydrogens is 556 g/mol. The van der Waals surface area contributed by atoms with Gasteiger partial charge in [-0.15, -0.1) is 0 Å². The van der Waals surface area contributed by atoms with E-state index in [1.165, 1.54) is 17.4 Å². The van der Waals surface area contributed by atoms with Crippen molar-refractivity contribution in [2.24, 2.45) is 0 Å². The highest BCUT2D eigenvalue weighted by Gasteiger charge is 2.45. The number of nitrogens with zero attached hydrogens (tertiary/aromatic N) is 6. The fraction of sp³-hybridized carbons (Fsp3) is 0.400. The summed E-state index contributed by atoms with van der Waals surface area (Å²) in [4.78, 5) is 30.6. The normalized spacial score (nSPS) is 18.9. The van der Waals surface area contributed by atoms with E-state index < -0.39 is 15.6 Å². The maximum Gasteiger partial charge on any atom is 0.410 e. The SMILES string of the molecule is COc1ccc(-c2cc3c(N4CC5CCC(C4)N5C(=O)OC(C)(C)C)ncnc3n2S(=O)(=O)c2ccc(C)cc2)cn1. The van der Waals surface area contributed by atoms with Gasteiger partial charge < -0.3 is 14.4 Å². The fourth-order valence-corrected chi connectivity index (χ4v) is 7.31. The molecular formula is C30H34N6O5S. The lowest BCUT2D eigenvalue weighted by Crippen LogP contribution is -2.57. The summed E-state index contributed by atoms with van der Waals surface area (Å²) in [5, 5.41) is 0.601. The van der Waals surface area contributed by atoms with Gasteiger partial charge in [0, 0.05) is 30.9 Å². The minimum atomic E-state index is -4.05. The van der Waals surface area contributed by atoms with Gasteiger partial charge in [0.15, 0.2) is 5.65 Å². The van der Waals surface area contributed by atoms with Gasteiger partial charge in [0.25, 0.3) is 10.0 Å². The molecule has 0 spiro atoms. The summed E-state index contributed by atoms with van der Waals surface area (Å²) in [5.74, 6) is 1.04. The van der Waals surface area contributed by atoms with Crippen molar-refractivity contribution in [2.75, 3.05) is 25.1 Å². The van der Waals surface area contributed by atoms with E-state index in [9.17, 15) is 13.2 Å². The van der Waals surface area contributed by atoms with Gasteiger partial charge in [-0.05, 0) is 64.8 Å². The summed E-state index contributed by atoms with van der Waals surface area (Å²) < 4.78 is 40.5. The Hall–Kier alpha value is -4.19. The third-order valence-electron chi connectivity index (χ3n) is 7.72. The minimum absolute atomic E-state index is 0.0350. The van der Waals surface area contributed by atoms with Crippen LogP contribution >= 0.6 is 0 Å². The van der Waals surface area contributed by atoms with Gasteiger partial charge in [-0.25, -0.2) is 32.1 Å². The smallest absolute Gasteiger partial charge is 0.410 e. The molecule has 0 radical (unpaired) electrons. The number of methoxy groups -OCH3 is 1. The van der Waals surface area contributed by atoms with Crippen LogP contribution in [0, 0.1) is 6.92 Å². The average Bonchev–Trinajstić information content (AvgIpc) is 3.47. The van der Waals surface area contributed by atoms with Crippen molar-refractivity contribution in [1.82, 2.24) is 23.8 Å². The quantitative estimate of drug-likeness (QED) is 0.328. The zero-order chi connectivity index (χ0) is 29.8. The molecule has 2 aliphatic rings. The Morgan fingerprint density at radius 2 is 1.67 bits per heavy atom. The van der Waals surface area contributed by atoms with E-state index >= 15 is 0 Å². The monoisotopic (exact) mass is 590 g/mol. The average molecular weight is 591 g/mol. The predicted octanol–water partition coefficient (Wildman–Crippen LogP) is 4.64. The van der Waals surface area contributed by atoms with Crippen LogP contribution in [0.4, 0.5) is 10.6 Å². The van der Waals surface area contributed by atoms with Crippen molar-refractivity contribution in [3.05, 3.63) is 60.6 Å². The molecule has 12 heteroatoms. The number of aryl methyl sites for hydroxylation is 1. The Morgan fingerprint density at radius 1 is 0.976 bits per heavy atom. The molecule has 2 atom stereocenters. The number of hydrogen-bond donors (Lipinski definition) is 0.